The number of hydrogen-bond acceptors (Lipinski definition) is 5. The fourth-order valence-electron chi connectivity index (χ4n) is 4.54. The Morgan fingerprint density at radius 2 is 1.08 bits per heavy atom. The predicted molar refractivity (Wildman–Crippen MR) is 146 cm³/mol. The van der Waals surface area contributed by atoms with Crippen LogP contribution in [0.1, 0.15) is 23.1 Å². The van der Waals surface area contributed by atoms with E-state index in [0.717, 1.165) is 22.4 Å². The second-order valence-corrected chi connectivity index (χ2v) is 9.37. The van der Waals surface area contributed by atoms with E-state index in [-0.39, 0.29) is 18.3 Å². The van der Waals surface area contributed by atoms with Gasteiger partial charge in [0, 0.05) is 6.42 Å². The molecule has 0 radical (unpaired) electrons. The molecule has 0 saturated carbocycles. The van der Waals surface area contributed by atoms with Gasteiger partial charge >= 0.3 is 0 Å². The lowest BCUT2D eigenvalue weighted by Gasteiger charge is -2.41. The summed E-state index contributed by atoms with van der Waals surface area (Å²) in [5.74, 6) is 0.756. The van der Waals surface area contributed by atoms with Crippen molar-refractivity contribution in [1.82, 2.24) is 0 Å². The highest BCUT2D eigenvalue weighted by molar-refractivity contribution is 5.21. The summed E-state index contributed by atoms with van der Waals surface area (Å²) < 4.78 is 31.8. The molecule has 4 aromatic rings. The minimum Gasteiger partial charge on any atom is -0.465 e. The summed E-state index contributed by atoms with van der Waals surface area (Å²) >= 11 is 0. The van der Waals surface area contributed by atoms with Gasteiger partial charge in [0.1, 0.15) is 18.0 Å². The maximum Gasteiger partial charge on any atom is 0.202 e. The summed E-state index contributed by atoms with van der Waals surface area (Å²) in [7, 11) is 0. The van der Waals surface area contributed by atoms with Crippen molar-refractivity contribution in [2.45, 2.75) is 50.8 Å². The molecule has 38 heavy (non-hydrogen) atoms. The molecule has 1 heterocycles. The predicted octanol–water partition coefficient (Wildman–Crippen LogP) is 6.57. The van der Waals surface area contributed by atoms with Crippen LogP contribution in [0.4, 0.5) is 0 Å². The van der Waals surface area contributed by atoms with Gasteiger partial charge in [-0.05, 0) is 28.8 Å². The first-order chi connectivity index (χ1) is 18.8. The Bertz CT molecular complexity index is 1190. The average Bonchev–Trinajstić information content (AvgIpc) is 2.98. The zero-order chi connectivity index (χ0) is 25.8. The average molecular weight is 511 g/mol. The van der Waals surface area contributed by atoms with Crippen LogP contribution in [0.25, 0.3) is 0 Å². The van der Waals surface area contributed by atoms with Crippen molar-refractivity contribution in [3.8, 4) is 5.75 Å². The fourth-order valence-corrected chi connectivity index (χ4v) is 4.54. The highest BCUT2D eigenvalue weighted by Crippen LogP contribution is 2.29. The van der Waals surface area contributed by atoms with Gasteiger partial charge in [-0.1, -0.05) is 109 Å². The molecule has 4 aromatic carbocycles. The summed E-state index contributed by atoms with van der Waals surface area (Å²) in [6, 6.07) is 40.2. The van der Waals surface area contributed by atoms with Crippen molar-refractivity contribution in [2.24, 2.45) is 0 Å². The van der Waals surface area contributed by atoms with Crippen LogP contribution >= 0.6 is 0 Å². The quantitative estimate of drug-likeness (QED) is 0.216. The van der Waals surface area contributed by atoms with Crippen molar-refractivity contribution < 1.29 is 23.7 Å². The first-order valence-corrected chi connectivity index (χ1v) is 13.1. The number of ether oxygens (including phenoxy) is 5. The smallest absolute Gasteiger partial charge is 0.202 e. The third-order valence-electron chi connectivity index (χ3n) is 6.48. The largest absolute Gasteiger partial charge is 0.465 e. The zero-order valence-corrected chi connectivity index (χ0v) is 21.4. The molecule has 0 N–H and O–H groups in total. The molecule has 5 rings (SSSR count). The van der Waals surface area contributed by atoms with E-state index in [1.165, 1.54) is 0 Å². The monoisotopic (exact) mass is 510 g/mol. The van der Waals surface area contributed by atoms with Gasteiger partial charge in [-0.2, -0.15) is 0 Å². The lowest BCUT2D eigenvalue weighted by molar-refractivity contribution is -0.257. The van der Waals surface area contributed by atoms with E-state index in [1.807, 2.05) is 84.9 Å². The molecule has 5 heteroatoms. The lowest BCUT2D eigenvalue weighted by atomic mass is 10.0. The van der Waals surface area contributed by atoms with Crippen molar-refractivity contribution in [1.29, 1.82) is 0 Å². The zero-order valence-electron chi connectivity index (χ0n) is 21.4. The Balaban J connectivity index is 1.33. The van der Waals surface area contributed by atoms with E-state index in [1.54, 1.807) is 0 Å². The van der Waals surface area contributed by atoms with Gasteiger partial charge in [-0.15, -0.1) is 0 Å². The van der Waals surface area contributed by atoms with Crippen molar-refractivity contribution in [2.75, 3.05) is 6.61 Å². The van der Waals surface area contributed by atoms with Crippen LogP contribution in [0.2, 0.25) is 0 Å². The Labute approximate surface area is 224 Å². The van der Waals surface area contributed by atoms with Crippen LogP contribution in [0, 0.1) is 0 Å². The molecule has 0 aromatic heterocycles. The summed E-state index contributed by atoms with van der Waals surface area (Å²) in [5, 5.41) is 0. The molecule has 0 aliphatic carbocycles. The first kappa shape index (κ1) is 26.1. The minimum atomic E-state index is -0.486. The Morgan fingerprint density at radius 3 is 1.66 bits per heavy atom. The standard InChI is InChI=1S/C33H34O5/c1-5-13-26(14-6-1)22-34-25-31-33(36-24-28-17-9-3-10-18-28)30(35-23-27-15-7-2-8-16-27)21-32(38-31)37-29-19-11-4-12-20-29/h1-20,30-33H,21-25H2/t30-,31?,32-,33?/m1/s1. The van der Waals surface area contributed by atoms with Gasteiger partial charge < -0.3 is 23.7 Å². The molecule has 0 bridgehead atoms. The number of para-hydroxylation sites is 1. The van der Waals surface area contributed by atoms with Crippen molar-refractivity contribution in [3.63, 3.8) is 0 Å². The molecule has 4 atom stereocenters. The summed E-state index contributed by atoms with van der Waals surface area (Å²) in [6.07, 6.45) is -0.890. The molecule has 1 saturated heterocycles. The van der Waals surface area contributed by atoms with E-state index < -0.39 is 6.29 Å². The second kappa shape index (κ2) is 13.9. The van der Waals surface area contributed by atoms with Gasteiger partial charge in [0.2, 0.25) is 6.29 Å². The van der Waals surface area contributed by atoms with E-state index in [4.69, 9.17) is 23.7 Å². The van der Waals surface area contributed by atoms with Gasteiger partial charge in [0.15, 0.2) is 0 Å². The van der Waals surface area contributed by atoms with Crippen LogP contribution in [0.3, 0.4) is 0 Å². The summed E-state index contributed by atoms with van der Waals surface area (Å²) in [4.78, 5) is 0. The fraction of sp³-hybridized carbons (Fsp3) is 0.273. The van der Waals surface area contributed by atoms with Crippen molar-refractivity contribution in [3.05, 3.63) is 138 Å². The molecule has 1 aliphatic heterocycles. The Hall–Kier alpha value is -3.48. The van der Waals surface area contributed by atoms with Gasteiger partial charge in [0.05, 0.1) is 32.5 Å². The van der Waals surface area contributed by atoms with Crippen LogP contribution in [0.5, 0.6) is 5.75 Å². The molecule has 1 fully saturated rings. The molecule has 0 spiro atoms. The van der Waals surface area contributed by atoms with Gasteiger partial charge in [-0.3, -0.25) is 0 Å². The van der Waals surface area contributed by atoms with Crippen LogP contribution in [-0.2, 0) is 38.8 Å². The third kappa shape index (κ3) is 7.76. The maximum absolute atomic E-state index is 6.50. The van der Waals surface area contributed by atoms with E-state index >= 15 is 0 Å². The SMILES string of the molecule is c1ccc(COCC2O[C@@H](Oc3ccccc3)C[C@@H](OCc3ccccc3)C2OCc2ccccc2)cc1. The topological polar surface area (TPSA) is 46.2 Å². The van der Waals surface area contributed by atoms with E-state index in [9.17, 15) is 0 Å². The highest BCUT2D eigenvalue weighted by Gasteiger charge is 2.41. The summed E-state index contributed by atoms with van der Waals surface area (Å²) in [5.41, 5.74) is 3.32. The normalized spacial score (nSPS) is 21.2. The molecular formula is C33H34O5. The molecule has 5 nitrogen and oxygen atoms in total. The van der Waals surface area contributed by atoms with Crippen LogP contribution in [-0.4, -0.2) is 31.2 Å². The van der Waals surface area contributed by atoms with Gasteiger partial charge in [0.25, 0.3) is 0 Å². The number of rotatable bonds is 12. The highest BCUT2D eigenvalue weighted by atomic mass is 16.7. The number of hydrogen-bond donors (Lipinski definition) is 0. The molecule has 2 unspecified atom stereocenters. The molecule has 1 aliphatic rings. The summed E-state index contributed by atoms with van der Waals surface area (Å²) in [6.45, 7) is 1.78. The Kier molecular flexibility index (Phi) is 9.55. The number of benzene rings is 4. The van der Waals surface area contributed by atoms with E-state index in [0.29, 0.717) is 32.8 Å². The minimum absolute atomic E-state index is 0.244. The van der Waals surface area contributed by atoms with E-state index in [2.05, 4.69) is 36.4 Å². The van der Waals surface area contributed by atoms with Crippen molar-refractivity contribution >= 4 is 0 Å². The van der Waals surface area contributed by atoms with Crippen LogP contribution in [0.15, 0.2) is 121 Å². The molecular weight excluding hydrogens is 476 g/mol. The maximum atomic E-state index is 6.50. The van der Waals surface area contributed by atoms with Crippen LogP contribution < -0.4 is 4.74 Å². The third-order valence-corrected chi connectivity index (χ3v) is 6.48. The van der Waals surface area contributed by atoms with Gasteiger partial charge in [-0.25, -0.2) is 0 Å². The second-order valence-electron chi connectivity index (χ2n) is 9.37. The lowest BCUT2D eigenvalue weighted by Crippen LogP contribution is -2.53. The molecule has 196 valence electrons. The molecule has 0 amide bonds. The first-order valence-electron chi connectivity index (χ1n) is 13.1. The Morgan fingerprint density at radius 1 is 0.579 bits per heavy atom.